The molecule has 3 atom stereocenters. The van der Waals surface area contributed by atoms with E-state index in [1.807, 2.05) is 97.1 Å². The summed E-state index contributed by atoms with van der Waals surface area (Å²) in [5.74, 6) is 0. The zero-order valence-electron chi connectivity index (χ0n) is 18.7. The molecule has 0 aliphatic heterocycles. The second-order valence-corrected chi connectivity index (χ2v) is 7.54. The van der Waals surface area contributed by atoms with E-state index in [0.29, 0.717) is 19.8 Å². The zero-order chi connectivity index (χ0) is 23.1. The van der Waals surface area contributed by atoms with Gasteiger partial charge in [-0.1, -0.05) is 116 Å². The molecule has 0 spiro atoms. The standard InChI is InChI=1S/C29H30O4/c1-2-3-19-27(31-21-24-13-7-4-8-14-24)29(33-23-26-17-11-6-12-18-26)28(20-30)32-22-25-15-9-5-10-16-25/h2-20,27-29H,1,21-23H2/b19-3-/t27-,28-,29+/m1/s1. The lowest BCUT2D eigenvalue weighted by Gasteiger charge is -2.29. The van der Waals surface area contributed by atoms with Gasteiger partial charge in [-0.2, -0.15) is 0 Å². The van der Waals surface area contributed by atoms with Crippen LogP contribution in [0.1, 0.15) is 16.7 Å². The van der Waals surface area contributed by atoms with Crippen LogP contribution in [0.2, 0.25) is 0 Å². The molecule has 33 heavy (non-hydrogen) atoms. The van der Waals surface area contributed by atoms with Crippen molar-refractivity contribution in [2.24, 2.45) is 0 Å². The Morgan fingerprint density at radius 2 is 1.06 bits per heavy atom. The summed E-state index contributed by atoms with van der Waals surface area (Å²) < 4.78 is 18.5. The Labute approximate surface area is 196 Å². The molecule has 4 nitrogen and oxygen atoms in total. The minimum absolute atomic E-state index is 0.298. The van der Waals surface area contributed by atoms with Gasteiger partial charge >= 0.3 is 0 Å². The highest BCUT2D eigenvalue weighted by molar-refractivity contribution is 5.57. The Hall–Kier alpha value is -3.31. The molecule has 4 heteroatoms. The summed E-state index contributed by atoms with van der Waals surface area (Å²) in [6.45, 7) is 4.77. The van der Waals surface area contributed by atoms with Gasteiger partial charge < -0.3 is 19.0 Å². The maximum absolute atomic E-state index is 12.1. The summed E-state index contributed by atoms with van der Waals surface area (Å²) in [5, 5.41) is 0. The summed E-state index contributed by atoms with van der Waals surface area (Å²) in [7, 11) is 0. The molecule has 0 unspecified atom stereocenters. The van der Waals surface area contributed by atoms with E-state index < -0.39 is 18.3 Å². The number of ether oxygens (including phenoxy) is 3. The zero-order valence-corrected chi connectivity index (χ0v) is 18.7. The number of hydrogen-bond acceptors (Lipinski definition) is 4. The summed E-state index contributed by atoms with van der Waals surface area (Å²) in [4.78, 5) is 12.1. The van der Waals surface area contributed by atoms with Crippen LogP contribution in [0.4, 0.5) is 0 Å². The molecule has 0 radical (unpaired) electrons. The van der Waals surface area contributed by atoms with Gasteiger partial charge in [0.15, 0.2) is 6.29 Å². The molecule has 0 aromatic heterocycles. The maximum Gasteiger partial charge on any atom is 0.151 e. The van der Waals surface area contributed by atoms with E-state index in [-0.39, 0.29) is 0 Å². The average molecular weight is 443 g/mol. The number of hydrogen-bond donors (Lipinski definition) is 0. The van der Waals surface area contributed by atoms with E-state index in [0.717, 1.165) is 23.0 Å². The number of carbonyl (C=O) groups excluding carboxylic acids is 1. The highest BCUT2D eigenvalue weighted by Gasteiger charge is 2.31. The Morgan fingerprint density at radius 3 is 1.48 bits per heavy atom. The van der Waals surface area contributed by atoms with Gasteiger partial charge in [0.05, 0.1) is 19.8 Å². The molecule has 0 bridgehead atoms. The number of allylic oxidation sites excluding steroid dienone is 2. The van der Waals surface area contributed by atoms with Crippen LogP contribution in [-0.2, 0) is 38.8 Å². The molecule has 0 N–H and O–H groups in total. The predicted molar refractivity (Wildman–Crippen MR) is 130 cm³/mol. The summed E-state index contributed by atoms with van der Waals surface area (Å²) in [6, 6.07) is 29.5. The van der Waals surface area contributed by atoms with Crippen molar-refractivity contribution in [3.8, 4) is 0 Å². The fraction of sp³-hybridized carbons (Fsp3) is 0.207. The van der Waals surface area contributed by atoms with Gasteiger partial charge in [-0.3, -0.25) is 0 Å². The summed E-state index contributed by atoms with van der Waals surface area (Å²) in [6.07, 6.45) is 4.14. The topological polar surface area (TPSA) is 44.8 Å². The molecule has 0 saturated heterocycles. The molecule has 3 rings (SSSR count). The van der Waals surface area contributed by atoms with Crippen molar-refractivity contribution in [2.75, 3.05) is 0 Å². The molecular weight excluding hydrogens is 412 g/mol. The van der Waals surface area contributed by atoms with Gasteiger partial charge in [0.2, 0.25) is 0 Å². The lowest BCUT2D eigenvalue weighted by molar-refractivity contribution is -0.151. The Balaban J connectivity index is 1.79. The Kier molecular flexibility index (Phi) is 10.3. The smallest absolute Gasteiger partial charge is 0.151 e. The third-order valence-electron chi connectivity index (χ3n) is 5.07. The van der Waals surface area contributed by atoms with Crippen molar-refractivity contribution in [3.63, 3.8) is 0 Å². The molecule has 0 heterocycles. The normalized spacial score (nSPS) is 13.9. The first-order valence-corrected chi connectivity index (χ1v) is 11.0. The molecule has 0 saturated carbocycles. The lowest BCUT2D eigenvalue weighted by Crippen LogP contribution is -2.42. The van der Waals surface area contributed by atoms with Crippen LogP contribution in [0, 0.1) is 0 Å². The van der Waals surface area contributed by atoms with Gasteiger partial charge in [0, 0.05) is 0 Å². The predicted octanol–water partition coefficient (Wildman–Crippen LogP) is 5.68. The van der Waals surface area contributed by atoms with Crippen molar-refractivity contribution < 1.29 is 19.0 Å². The van der Waals surface area contributed by atoms with Crippen LogP contribution in [-0.4, -0.2) is 24.6 Å². The van der Waals surface area contributed by atoms with E-state index >= 15 is 0 Å². The van der Waals surface area contributed by atoms with Gasteiger partial charge in [0.1, 0.15) is 18.3 Å². The van der Waals surface area contributed by atoms with Crippen LogP contribution in [0.5, 0.6) is 0 Å². The van der Waals surface area contributed by atoms with E-state index in [9.17, 15) is 4.79 Å². The third kappa shape index (κ3) is 8.28. The van der Waals surface area contributed by atoms with Gasteiger partial charge in [-0.05, 0) is 16.7 Å². The highest BCUT2D eigenvalue weighted by atomic mass is 16.6. The van der Waals surface area contributed by atoms with Crippen LogP contribution in [0.15, 0.2) is 116 Å². The van der Waals surface area contributed by atoms with E-state index in [1.165, 1.54) is 0 Å². The fourth-order valence-corrected chi connectivity index (χ4v) is 3.34. The molecule has 0 aliphatic carbocycles. The fourth-order valence-electron chi connectivity index (χ4n) is 3.34. The lowest BCUT2D eigenvalue weighted by atomic mass is 10.1. The first-order valence-electron chi connectivity index (χ1n) is 11.0. The molecule has 3 aromatic carbocycles. The van der Waals surface area contributed by atoms with Crippen LogP contribution < -0.4 is 0 Å². The quantitative estimate of drug-likeness (QED) is 0.238. The Bertz CT molecular complexity index is 970. The molecule has 0 fully saturated rings. The maximum atomic E-state index is 12.1. The van der Waals surface area contributed by atoms with Crippen LogP contribution in [0.3, 0.4) is 0 Å². The Morgan fingerprint density at radius 1 is 0.636 bits per heavy atom. The molecule has 3 aromatic rings. The minimum Gasteiger partial charge on any atom is -0.367 e. The SMILES string of the molecule is C=C/C=C\[C@@H](OCc1ccccc1)[C@H](OCc1ccccc1)[C@@H](C=O)OCc1ccccc1. The average Bonchev–Trinajstić information content (AvgIpc) is 2.88. The number of aldehydes is 1. The second kappa shape index (κ2) is 14.0. The highest BCUT2D eigenvalue weighted by Crippen LogP contribution is 2.19. The van der Waals surface area contributed by atoms with Crippen molar-refractivity contribution in [3.05, 3.63) is 132 Å². The van der Waals surface area contributed by atoms with E-state index in [2.05, 4.69) is 6.58 Å². The van der Waals surface area contributed by atoms with E-state index in [1.54, 1.807) is 12.2 Å². The van der Waals surface area contributed by atoms with Gasteiger partial charge in [0.25, 0.3) is 0 Å². The number of rotatable bonds is 14. The second-order valence-electron chi connectivity index (χ2n) is 7.54. The first kappa shape index (κ1) is 24.3. The van der Waals surface area contributed by atoms with Crippen molar-refractivity contribution in [1.82, 2.24) is 0 Å². The largest absolute Gasteiger partial charge is 0.367 e. The molecule has 0 aliphatic rings. The van der Waals surface area contributed by atoms with Gasteiger partial charge in [-0.25, -0.2) is 0 Å². The number of benzene rings is 3. The van der Waals surface area contributed by atoms with Crippen LogP contribution in [0.25, 0.3) is 0 Å². The minimum atomic E-state index is -0.816. The monoisotopic (exact) mass is 442 g/mol. The van der Waals surface area contributed by atoms with Crippen molar-refractivity contribution in [1.29, 1.82) is 0 Å². The third-order valence-corrected chi connectivity index (χ3v) is 5.07. The van der Waals surface area contributed by atoms with Crippen LogP contribution >= 0.6 is 0 Å². The number of carbonyl (C=O) groups is 1. The van der Waals surface area contributed by atoms with Crippen molar-refractivity contribution in [2.45, 2.75) is 38.1 Å². The first-order chi connectivity index (χ1) is 16.3. The molecular formula is C29H30O4. The summed E-state index contributed by atoms with van der Waals surface area (Å²) >= 11 is 0. The summed E-state index contributed by atoms with van der Waals surface area (Å²) in [5.41, 5.74) is 3.02. The molecule has 0 amide bonds. The van der Waals surface area contributed by atoms with Gasteiger partial charge in [-0.15, -0.1) is 0 Å². The van der Waals surface area contributed by atoms with E-state index in [4.69, 9.17) is 14.2 Å². The molecule has 170 valence electrons. The van der Waals surface area contributed by atoms with Crippen molar-refractivity contribution >= 4 is 6.29 Å².